The highest BCUT2D eigenvalue weighted by molar-refractivity contribution is 6.45. The Kier molecular flexibility index (Phi) is 4.93. The fourth-order valence-corrected chi connectivity index (χ4v) is 3.30. The van der Waals surface area contributed by atoms with Crippen molar-refractivity contribution in [2.24, 2.45) is 5.10 Å². The standard InChI is InChI=1S/C24H18N6O2/c31-21-16-20(17-10-4-1-5-11-17)26-24-29(19-14-8-3-9-15-19)27-22(28-30(21)24)23(32)25-18-12-6-2-7-13-18/h1-16H,(H,25,32)(H,27,28). The summed E-state index contributed by atoms with van der Waals surface area (Å²) in [7, 11) is 0. The quantitative estimate of drug-likeness (QED) is 0.525. The second-order valence-corrected chi connectivity index (χ2v) is 7.01. The third-order valence-corrected chi connectivity index (χ3v) is 4.83. The molecular formula is C24H18N6O2. The summed E-state index contributed by atoms with van der Waals surface area (Å²) < 4.78 is 1.21. The van der Waals surface area contributed by atoms with Crippen LogP contribution in [0.15, 0.2) is 107 Å². The first-order valence-electron chi connectivity index (χ1n) is 9.96. The first-order valence-corrected chi connectivity index (χ1v) is 9.96. The molecule has 0 saturated heterocycles. The van der Waals surface area contributed by atoms with Crippen molar-refractivity contribution in [3.05, 3.63) is 107 Å². The topological polar surface area (TPSA) is 91.6 Å². The van der Waals surface area contributed by atoms with Crippen LogP contribution in [0.3, 0.4) is 0 Å². The van der Waals surface area contributed by atoms with Gasteiger partial charge in [-0.1, -0.05) is 66.7 Å². The maximum absolute atomic E-state index is 13.0. The SMILES string of the molecule is O=C(Nc1ccccc1)C1=NN(c2ccccc2)c2nc(-c3ccccc3)cc(=O)n2N1. The summed E-state index contributed by atoms with van der Waals surface area (Å²) >= 11 is 0. The molecule has 0 saturated carbocycles. The molecule has 8 nitrogen and oxygen atoms in total. The van der Waals surface area contributed by atoms with Gasteiger partial charge in [0.25, 0.3) is 17.4 Å². The average molecular weight is 422 g/mol. The van der Waals surface area contributed by atoms with Crippen molar-refractivity contribution < 1.29 is 4.79 Å². The van der Waals surface area contributed by atoms with Gasteiger partial charge in [-0.25, -0.2) is 4.98 Å². The molecule has 0 bridgehead atoms. The molecule has 8 heteroatoms. The van der Waals surface area contributed by atoms with Crippen molar-refractivity contribution in [2.45, 2.75) is 0 Å². The van der Waals surface area contributed by atoms with Crippen LogP contribution in [0.25, 0.3) is 11.3 Å². The molecule has 0 spiro atoms. The van der Waals surface area contributed by atoms with Crippen LogP contribution in [0.4, 0.5) is 17.3 Å². The molecule has 2 heterocycles. The van der Waals surface area contributed by atoms with E-state index in [-0.39, 0.29) is 17.3 Å². The van der Waals surface area contributed by atoms with Gasteiger partial charge >= 0.3 is 0 Å². The number of fused-ring (bicyclic) bond motifs is 1. The van der Waals surface area contributed by atoms with E-state index in [2.05, 4.69) is 20.8 Å². The van der Waals surface area contributed by atoms with Crippen molar-refractivity contribution in [3.8, 4) is 11.3 Å². The number of carbonyl (C=O) groups excluding carboxylic acids is 1. The molecule has 2 N–H and O–H groups in total. The fraction of sp³-hybridized carbons (Fsp3) is 0. The molecule has 4 aromatic rings. The van der Waals surface area contributed by atoms with Crippen LogP contribution in [-0.4, -0.2) is 21.4 Å². The second-order valence-electron chi connectivity index (χ2n) is 7.01. The molecular weight excluding hydrogens is 404 g/mol. The molecule has 3 aromatic carbocycles. The number of hydrogen-bond donors (Lipinski definition) is 2. The van der Waals surface area contributed by atoms with E-state index in [0.717, 1.165) is 5.56 Å². The Morgan fingerprint density at radius 3 is 2.16 bits per heavy atom. The minimum Gasteiger partial charge on any atom is -0.319 e. The molecule has 0 fully saturated rings. The highest BCUT2D eigenvalue weighted by atomic mass is 16.2. The lowest BCUT2D eigenvalue weighted by molar-refractivity contribution is -0.110. The van der Waals surface area contributed by atoms with E-state index in [1.807, 2.05) is 78.9 Å². The molecule has 0 radical (unpaired) electrons. The van der Waals surface area contributed by atoms with Gasteiger partial charge in [-0.2, -0.15) is 9.69 Å². The fourth-order valence-electron chi connectivity index (χ4n) is 3.30. The molecule has 1 amide bonds. The minimum absolute atomic E-state index is 0.0402. The summed E-state index contributed by atoms with van der Waals surface area (Å²) in [5.41, 5.74) is 5.02. The molecule has 1 aromatic heterocycles. The van der Waals surface area contributed by atoms with E-state index < -0.39 is 5.91 Å². The van der Waals surface area contributed by atoms with Gasteiger partial charge < -0.3 is 5.32 Å². The number of hydrazone groups is 1. The van der Waals surface area contributed by atoms with E-state index in [0.29, 0.717) is 17.1 Å². The molecule has 1 aliphatic rings. The van der Waals surface area contributed by atoms with Crippen molar-refractivity contribution in [1.29, 1.82) is 0 Å². The Labute approximate surface area is 183 Å². The lowest BCUT2D eigenvalue weighted by Crippen LogP contribution is -2.46. The van der Waals surface area contributed by atoms with Gasteiger partial charge in [0, 0.05) is 17.3 Å². The summed E-state index contributed by atoms with van der Waals surface area (Å²) in [4.78, 5) is 30.6. The number of hydrogen-bond acceptors (Lipinski definition) is 6. The summed E-state index contributed by atoms with van der Waals surface area (Å²) in [6, 6.07) is 29.1. The summed E-state index contributed by atoms with van der Waals surface area (Å²) in [5.74, 6) is -0.276. The average Bonchev–Trinajstić information content (AvgIpc) is 2.85. The molecule has 0 atom stereocenters. The molecule has 0 unspecified atom stereocenters. The van der Waals surface area contributed by atoms with Crippen molar-refractivity contribution in [2.75, 3.05) is 15.8 Å². The van der Waals surface area contributed by atoms with E-state index in [1.54, 1.807) is 12.1 Å². The third kappa shape index (κ3) is 3.72. The first-order chi connectivity index (χ1) is 15.7. The number of nitrogens with one attached hydrogen (secondary N) is 2. The predicted octanol–water partition coefficient (Wildman–Crippen LogP) is 3.56. The van der Waals surface area contributed by atoms with Gasteiger partial charge in [0.2, 0.25) is 5.84 Å². The molecule has 32 heavy (non-hydrogen) atoms. The zero-order chi connectivity index (χ0) is 21.9. The summed E-state index contributed by atoms with van der Waals surface area (Å²) in [6.07, 6.45) is 0. The van der Waals surface area contributed by atoms with Gasteiger partial charge in [0.15, 0.2) is 0 Å². The largest absolute Gasteiger partial charge is 0.319 e. The number of anilines is 3. The molecule has 5 rings (SSSR count). The predicted molar refractivity (Wildman–Crippen MR) is 124 cm³/mol. The molecule has 156 valence electrons. The highest BCUT2D eigenvalue weighted by Gasteiger charge is 2.27. The van der Waals surface area contributed by atoms with Crippen LogP contribution in [0.2, 0.25) is 0 Å². The lowest BCUT2D eigenvalue weighted by atomic mass is 10.1. The molecule has 0 aliphatic carbocycles. The van der Waals surface area contributed by atoms with E-state index in [1.165, 1.54) is 15.8 Å². The number of carbonyl (C=O) groups is 1. The van der Waals surface area contributed by atoms with Crippen LogP contribution in [0, 0.1) is 0 Å². The van der Waals surface area contributed by atoms with E-state index >= 15 is 0 Å². The second kappa shape index (κ2) is 8.19. The number of amidine groups is 1. The number of para-hydroxylation sites is 2. The maximum atomic E-state index is 13.0. The maximum Gasteiger partial charge on any atom is 0.294 e. The van der Waals surface area contributed by atoms with Crippen molar-refractivity contribution in [3.63, 3.8) is 0 Å². The van der Waals surface area contributed by atoms with E-state index in [4.69, 9.17) is 0 Å². The first kappa shape index (κ1) is 19.3. The van der Waals surface area contributed by atoms with Crippen LogP contribution in [0.5, 0.6) is 0 Å². The number of benzene rings is 3. The Hall–Kier alpha value is -4.72. The number of amides is 1. The Balaban J connectivity index is 1.59. The summed E-state index contributed by atoms with van der Waals surface area (Å²) in [6.45, 7) is 0. The van der Waals surface area contributed by atoms with Crippen LogP contribution in [-0.2, 0) is 4.79 Å². The normalized spacial score (nSPS) is 12.4. The molecule has 1 aliphatic heterocycles. The zero-order valence-electron chi connectivity index (χ0n) is 16.8. The Morgan fingerprint density at radius 1 is 0.844 bits per heavy atom. The van der Waals surface area contributed by atoms with E-state index in [9.17, 15) is 9.59 Å². The van der Waals surface area contributed by atoms with Gasteiger partial charge in [-0.05, 0) is 24.3 Å². The van der Waals surface area contributed by atoms with Crippen LogP contribution >= 0.6 is 0 Å². The number of aromatic nitrogens is 2. The van der Waals surface area contributed by atoms with Crippen LogP contribution in [0.1, 0.15) is 0 Å². The van der Waals surface area contributed by atoms with Gasteiger partial charge in [0.1, 0.15) is 0 Å². The van der Waals surface area contributed by atoms with Gasteiger partial charge in [-0.15, -0.1) is 5.10 Å². The van der Waals surface area contributed by atoms with Crippen LogP contribution < -0.4 is 21.3 Å². The van der Waals surface area contributed by atoms with Crippen molar-refractivity contribution >= 4 is 29.1 Å². The van der Waals surface area contributed by atoms with Crippen molar-refractivity contribution in [1.82, 2.24) is 9.66 Å². The monoisotopic (exact) mass is 422 g/mol. The Morgan fingerprint density at radius 2 is 1.47 bits per heavy atom. The number of rotatable bonds is 4. The minimum atomic E-state index is -0.484. The number of nitrogens with zero attached hydrogens (tertiary/aromatic N) is 4. The summed E-state index contributed by atoms with van der Waals surface area (Å²) in [5, 5.41) is 8.72. The zero-order valence-corrected chi connectivity index (χ0v) is 16.8. The highest BCUT2D eigenvalue weighted by Crippen LogP contribution is 2.27. The Bertz CT molecular complexity index is 1350. The lowest BCUT2D eigenvalue weighted by Gasteiger charge is -2.28. The smallest absolute Gasteiger partial charge is 0.294 e. The third-order valence-electron chi connectivity index (χ3n) is 4.83. The van der Waals surface area contributed by atoms with Gasteiger partial charge in [-0.3, -0.25) is 15.0 Å². The van der Waals surface area contributed by atoms with Gasteiger partial charge in [0.05, 0.1) is 11.4 Å².